The highest BCUT2D eigenvalue weighted by Crippen LogP contribution is 2.16. The summed E-state index contributed by atoms with van der Waals surface area (Å²) in [5.41, 5.74) is 0. The number of likely N-dealkylation sites (N-methyl/N-ethyl adjacent to an activating group) is 2. The number of amidine groups is 1. The third-order valence-corrected chi connectivity index (χ3v) is 1.57. The molecule has 1 rings (SSSR count). The normalized spacial score (nSPS) is 21.2. The van der Waals surface area contributed by atoms with Crippen molar-refractivity contribution in [3.8, 4) is 0 Å². The van der Waals surface area contributed by atoms with Gasteiger partial charge in [0.25, 0.3) is 0 Å². The molecule has 0 unspecified atom stereocenters. The Hall–Kier alpha value is -1.14. The first-order valence-corrected chi connectivity index (χ1v) is 3.36. The maximum absolute atomic E-state index is 11.0. The molecule has 1 aliphatic heterocycles. The summed E-state index contributed by atoms with van der Waals surface area (Å²) in [5, 5.41) is 23.1. The van der Waals surface area contributed by atoms with Crippen molar-refractivity contribution in [2.24, 2.45) is 5.10 Å². The van der Waals surface area contributed by atoms with Gasteiger partial charge in [-0.05, 0) is 0 Å². The molecule has 68 valence electrons. The Labute approximate surface area is 69.7 Å². The summed E-state index contributed by atoms with van der Waals surface area (Å²) in [4.78, 5) is 12.4. The Morgan fingerprint density at radius 1 is 1.50 bits per heavy atom. The van der Waals surface area contributed by atoms with Crippen molar-refractivity contribution in [2.75, 3.05) is 21.1 Å². The van der Waals surface area contributed by atoms with Crippen LogP contribution in [0.4, 0.5) is 0 Å². The van der Waals surface area contributed by atoms with Crippen LogP contribution >= 0.6 is 0 Å². The molecule has 0 fully saturated rings. The van der Waals surface area contributed by atoms with Crippen molar-refractivity contribution in [1.29, 1.82) is 0 Å². The van der Waals surface area contributed by atoms with Crippen molar-refractivity contribution in [3.63, 3.8) is 0 Å². The van der Waals surface area contributed by atoms with Gasteiger partial charge in [0.2, 0.25) is 0 Å². The Balaban J connectivity index is 3.03. The number of hydrogen-bond acceptors (Lipinski definition) is 5. The summed E-state index contributed by atoms with van der Waals surface area (Å²) >= 11 is 0. The predicted molar refractivity (Wildman–Crippen MR) is 41.1 cm³/mol. The van der Waals surface area contributed by atoms with Crippen LogP contribution in [0.25, 0.3) is 0 Å². The second-order valence-electron chi connectivity index (χ2n) is 2.82. The first-order valence-electron chi connectivity index (χ1n) is 3.36. The molecular weight excluding hydrogens is 162 g/mol. The third-order valence-electron chi connectivity index (χ3n) is 1.57. The summed E-state index contributed by atoms with van der Waals surface area (Å²) in [6.07, 6.45) is 0. The van der Waals surface area contributed by atoms with Crippen LogP contribution in [0.15, 0.2) is 5.10 Å². The number of rotatable bonds is 0. The molecule has 0 radical (unpaired) electrons. The number of amides is 1. The van der Waals surface area contributed by atoms with Gasteiger partial charge >= 0.3 is 11.7 Å². The minimum atomic E-state index is -2.47. The van der Waals surface area contributed by atoms with E-state index < -0.39 is 11.7 Å². The van der Waals surface area contributed by atoms with E-state index in [-0.39, 0.29) is 5.84 Å². The molecule has 6 nitrogen and oxygen atoms in total. The molecule has 0 atom stereocenters. The predicted octanol–water partition coefficient (Wildman–Crippen LogP) is -1.99. The maximum atomic E-state index is 11.0. The highest BCUT2D eigenvalue weighted by Gasteiger charge is 2.48. The van der Waals surface area contributed by atoms with Gasteiger partial charge in [0, 0.05) is 21.1 Å². The van der Waals surface area contributed by atoms with E-state index in [1.807, 2.05) is 0 Å². The van der Waals surface area contributed by atoms with Gasteiger partial charge < -0.3 is 15.1 Å². The standard InChI is InChI=1S/C6H11N3O3/c1-8(2)4-6(11,12)5(10)9(3)7-4/h11-12H,1-3H3. The Bertz CT molecular complexity index is 246. The molecule has 0 saturated heterocycles. The average Bonchev–Trinajstić information content (AvgIpc) is 2.13. The van der Waals surface area contributed by atoms with Crippen molar-refractivity contribution in [2.45, 2.75) is 5.79 Å². The van der Waals surface area contributed by atoms with Gasteiger partial charge in [-0.2, -0.15) is 5.10 Å². The average molecular weight is 173 g/mol. The fraction of sp³-hybridized carbons (Fsp3) is 0.667. The fourth-order valence-corrected chi connectivity index (χ4v) is 0.980. The lowest BCUT2D eigenvalue weighted by molar-refractivity contribution is -0.168. The molecule has 0 aromatic rings. The number of carbonyl (C=O) groups excluding carboxylic acids is 1. The second kappa shape index (κ2) is 2.43. The smallest absolute Gasteiger partial charge is 0.310 e. The van der Waals surface area contributed by atoms with Crippen LogP contribution in [-0.2, 0) is 4.79 Å². The molecule has 1 aliphatic rings. The highest BCUT2D eigenvalue weighted by atomic mass is 16.5. The lowest BCUT2D eigenvalue weighted by atomic mass is 10.2. The number of carbonyl (C=O) groups is 1. The monoisotopic (exact) mass is 173 g/mol. The molecule has 0 aromatic heterocycles. The van der Waals surface area contributed by atoms with E-state index in [0.29, 0.717) is 0 Å². The van der Waals surface area contributed by atoms with Gasteiger partial charge in [-0.3, -0.25) is 4.79 Å². The number of nitrogens with zero attached hydrogens (tertiary/aromatic N) is 3. The van der Waals surface area contributed by atoms with E-state index in [2.05, 4.69) is 5.10 Å². The van der Waals surface area contributed by atoms with Gasteiger partial charge in [-0.15, -0.1) is 0 Å². The van der Waals surface area contributed by atoms with Crippen LogP contribution in [0, 0.1) is 0 Å². The van der Waals surface area contributed by atoms with Crippen LogP contribution in [0.3, 0.4) is 0 Å². The van der Waals surface area contributed by atoms with E-state index in [4.69, 9.17) is 0 Å². The summed E-state index contributed by atoms with van der Waals surface area (Å²) in [5.74, 6) is -3.39. The first kappa shape index (κ1) is 8.95. The summed E-state index contributed by atoms with van der Waals surface area (Å²) in [6.45, 7) is 0. The van der Waals surface area contributed by atoms with E-state index in [0.717, 1.165) is 5.01 Å². The molecule has 1 amide bonds. The number of hydrogen-bond donors (Lipinski definition) is 2. The van der Waals surface area contributed by atoms with Crippen LogP contribution in [-0.4, -0.2) is 58.8 Å². The zero-order chi connectivity index (χ0) is 9.52. The lowest BCUT2D eigenvalue weighted by Gasteiger charge is -2.19. The van der Waals surface area contributed by atoms with Crippen LogP contribution in [0.1, 0.15) is 0 Å². The summed E-state index contributed by atoms with van der Waals surface area (Å²) in [6, 6.07) is 0. The summed E-state index contributed by atoms with van der Waals surface area (Å²) in [7, 11) is 4.51. The van der Waals surface area contributed by atoms with Gasteiger partial charge in [-0.1, -0.05) is 0 Å². The molecule has 0 bridgehead atoms. The van der Waals surface area contributed by atoms with Crippen molar-refractivity contribution in [1.82, 2.24) is 9.91 Å². The molecular formula is C6H11N3O3. The topological polar surface area (TPSA) is 76.4 Å². The minimum absolute atomic E-state index is 0.0741. The molecule has 0 spiro atoms. The molecule has 2 N–H and O–H groups in total. The molecule has 0 aliphatic carbocycles. The van der Waals surface area contributed by atoms with Crippen molar-refractivity contribution >= 4 is 11.7 Å². The van der Waals surface area contributed by atoms with Crippen LogP contribution in [0.2, 0.25) is 0 Å². The quantitative estimate of drug-likeness (QED) is 0.416. The van der Waals surface area contributed by atoms with E-state index in [1.165, 1.54) is 11.9 Å². The molecule has 0 aromatic carbocycles. The summed E-state index contributed by atoms with van der Waals surface area (Å²) < 4.78 is 0. The van der Waals surface area contributed by atoms with Gasteiger partial charge in [-0.25, -0.2) is 5.01 Å². The Kier molecular flexibility index (Phi) is 1.81. The van der Waals surface area contributed by atoms with E-state index in [9.17, 15) is 15.0 Å². The molecule has 12 heavy (non-hydrogen) atoms. The second-order valence-corrected chi connectivity index (χ2v) is 2.82. The van der Waals surface area contributed by atoms with Crippen LogP contribution in [0.5, 0.6) is 0 Å². The molecule has 1 heterocycles. The fourth-order valence-electron chi connectivity index (χ4n) is 0.980. The minimum Gasteiger partial charge on any atom is -0.360 e. The van der Waals surface area contributed by atoms with Gasteiger partial charge in [0.1, 0.15) is 0 Å². The largest absolute Gasteiger partial charge is 0.360 e. The highest BCUT2D eigenvalue weighted by molar-refractivity contribution is 6.11. The molecule has 6 heteroatoms. The maximum Gasteiger partial charge on any atom is 0.310 e. The van der Waals surface area contributed by atoms with E-state index in [1.54, 1.807) is 14.1 Å². The first-order chi connectivity index (χ1) is 5.37. The van der Waals surface area contributed by atoms with Crippen molar-refractivity contribution in [3.05, 3.63) is 0 Å². The zero-order valence-electron chi connectivity index (χ0n) is 7.14. The number of aliphatic hydroxyl groups is 2. The SMILES string of the molecule is CN(C)C1=NN(C)C(=O)C1(O)O. The van der Waals surface area contributed by atoms with Gasteiger partial charge in [0.15, 0.2) is 5.84 Å². The zero-order valence-corrected chi connectivity index (χ0v) is 7.14. The Morgan fingerprint density at radius 2 is 2.00 bits per heavy atom. The lowest BCUT2D eigenvalue weighted by Crippen LogP contribution is -2.50. The van der Waals surface area contributed by atoms with E-state index >= 15 is 0 Å². The van der Waals surface area contributed by atoms with Crippen molar-refractivity contribution < 1.29 is 15.0 Å². The third kappa shape index (κ3) is 1.05. The number of hydrazone groups is 1. The molecule has 0 saturated carbocycles. The Morgan fingerprint density at radius 3 is 2.17 bits per heavy atom. The van der Waals surface area contributed by atoms with Crippen LogP contribution < -0.4 is 0 Å². The van der Waals surface area contributed by atoms with Gasteiger partial charge in [0.05, 0.1) is 0 Å².